The van der Waals surface area contributed by atoms with Crippen LogP contribution in [0.5, 0.6) is 0 Å². The topological polar surface area (TPSA) is 46.2 Å². The van der Waals surface area contributed by atoms with E-state index in [0.717, 1.165) is 0 Å². The van der Waals surface area contributed by atoms with Gasteiger partial charge in [-0.1, -0.05) is 32.0 Å². The number of nitrogens with one attached hydrogen (secondary N) is 1. The summed E-state index contributed by atoms with van der Waals surface area (Å²) in [6.45, 7) is 7.97. The Kier molecular flexibility index (Phi) is 6.81. The van der Waals surface area contributed by atoms with E-state index in [-0.39, 0.29) is 23.5 Å². The van der Waals surface area contributed by atoms with Crippen molar-refractivity contribution >= 4 is 9.84 Å². The van der Waals surface area contributed by atoms with Crippen LogP contribution in [0.2, 0.25) is 0 Å². The monoisotopic (exact) mass is 315 g/mol. The molecule has 1 aromatic rings. The molecule has 0 saturated heterocycles. The van der Waals surface area contributed by atoms with E-state index in [0.29, 0.717) is 18.5 Å². The van der Waals surface area contributed by atoms with Gasteiger partial charge in [0.2, 0.25) is 0 Å². The van der Waals surface area contributed by atoms with Crippen LogP contribution in [0.25, 0.3) is 0 Å². The second-order valence-corrected chi connectivity index (χ2v) is 8.66. The molecule has 1 atom stereocenters. The van der Waals surface area contributed by atoms with Crippen molar-refractivity contribution in [3.05, 3.63) is 35.6 Å². The number of hydrogen-bond donors (Lipinski definition) is 1. The van der Waals surface area contributed by atoms with Gasteiger partial charge in [0.25, 0.3) is 0 Å². The summed E-state index contributed by atoms with van der Waals surface area (Å²) in [5.74, 6) is -0.319. The van der Waals surface area contributed by atoms with Crippen LogP contribution in [0.3, 0.4) is 0 Å². The van der Waals surface area contributed by atoms with Gasteiger partial charge in [-0.25, -0.2) is 12.8 Å². The Hall–Kier alpha value is -0.940. The molecule has 0 heterocycles. The summed E-state index contributed by atoms with van der Waals surface area (Å²) in [7, 11) is -3.10. The lowest BCUT2D eigenvalue weighted by Crippen LogP contribution is -2.30. The smallest absolute Gasteiger partial charge is 0.152 e. The van der Waals surface area contributed by atoms with Crippen molar-refractivity contribution in [2.24, 2.45) is 0 Å². The fourth-order valence-electron chi connectivity index (χ4n) is 2.09. The molecule has 0 aliphatic heterocycles. The Morgan fingerprint density at radius 2 is 1.76 bits per heavy atom. The predicted octanol–water partition coefficient (Wildman–Crippen LogP) is 3.12. The molecule has 0 fully saturated rings. The Morgan fingerprint density at radius 3 is 2.29 bits per heavy atom. The maximum Gasteiger partial charge on any atom is 0.152 e. The van der Waals surface area contributed by atoms with Crippen molar-refractivity contribution < 1.29 is 12.8 Å². The van der Waals surface area contributed by atoms with Crippen molar-refractivity contribution in [2.45, 2.75) is 51.3 Å². The molecule has 5 heteroatoms. The van der Waals surface area contributed by atoms with Gasteiger partial charge in [-0.2, -0.15) is 0 Å². The van der Waals surface area contributed by atoms with E-state index in [1.807, 2.05) is 13.8 Å². The first kappa shape index (κ1) is 18.1. The standard InChI is InChI=1S/C16H26FNO2S/c1-12(2)18-11-14(9-10-21(19,20)13(3)4)15-7-5-6-8-16(15)17/h5-8,12-14,18H,9-11H2,1-4H3. The summed E-state index contributed by atoms with van der Waals surface area (Å²) in [5, 5.41) is 2.88. The Bertz CT molecular complexity index is 541. The highest BCUT2D eigenvalue weighted by Crippen LogP contribution is 2.23. The van der Waals surface area contributed by atoms with E-state index in [2.05, 4.69) is 5.32 Å². The third kappa shape index (κ3) is 5.75. The van der Waals surface area contributed by atoms with Crippen LogP contribution in [-0.4, -0.2) is 32.0 Å². The van der Waals surface area contributed by atoms with E-state index >= 15 is 0 Å². The number of halogens is 1. The predicted molar refractivity (Wildman–Crippen MR) is 85.8 cm³/mol. The molecule has 3 nitrogen and oxygen atoms in total. The van der Waals surface area contributed by atoms with Gasteiger partial charge < -0.3 is 5.32 Å². The molecule has 120 valence electrons. The van der Waals surface area contributed by atoms with Crippen molar-refractivity contribution in [3.8, 4) is 0 Å². The molecule has 0 radical (unpaired) electrons. The molecule has 0 bridgehead atoms. The summed E-state index contributed by atoms with van der Waals surface area (Å²) in [4.78, 5) is 0. The van der Waals surface area contributed by atoms with Gasteiger partial charge in [0.15, 0.2) is 9.84 Å². The lowest BCUT2D eigenvalue weighted by Gasteiger charge is -2.21. The van der Waals surface area contributed by atoms with Crippen LogP contribution in [0.4, 0.5) is 4.39 Å². The van der Waals surface area contributed by atoms with Crippen LogP contribution >= 0.6 is 0 Å². The van der Waals surface area contributed by atoms with Crippen LogP contribution in [0.1, 0.15) is 45.6 Å². The second-order valence-electron chi connectivity index (χ2n) is 5.99. The molecule has 0 aliphatic carbocycles. The summed E-state index contributed by atoms with van der Waals surface area (Å²) >= 11 is 0. The molecule has 1 N–H and O–H groups in total. The quantitative estimate of drug-likeness (QED) is 0.802. The largest absolute Gasteiger partial charge is 0.314 e. The van der Waals surface area contributed by atoms with Gasteiger partial charge in [-0.15, -0.1) is 0 Å². The van der Waals surface area contributed by atoms with E-state index in [1.165, 1.54) is 6.07 Å². The maximum atomic E-state index is 14.0. The minimum atomic E-state index is -3.10. The molecular weight excluding hydrogens is 289 g/mol. The van der Waals surface area contributed by atoms with Gasteiger partial charge in [-0.05, 0) is 31.9 Å². The highest BCUT2D eigenvalue weighted by atomic mass is 32.2. The number of sulfone groups is 1. The average Bonchev–Trinajstić information content (AvgIpc) is 2.39. The first-order valence-corrected chi connectivity index (χ1v) is 9.15. The molecule has 0 aromatic heterocycles. The highest BCUT2D eigenvalue weighted by Gasteiger charge is 2.21. The lowest BCUT2D eigenvalue weighted by atomic mass is 9.95. The van der Waals surface area contributed by atoms with Crippen LogP contribution in [0, 0.1) is 5.82 Å². The summed E-state index contributed by atoms with van der Waals surface area (Å²) in [6, 6.07) is 6.88. The van der Waals surface area contributed by atoms with E-state index in [4.69, 9.17) is 0 Å². The zero-order valence-corrected chi connectivity index (χ0v) is 14.1. The first-order valence-electron chi connectivity index (χ1n) is 7.43. The summed E-state index contributed by atoms with van der Waals surface area (Å²) in [5.41, 5.74) is 0.588. The molecule has 1 unspecified atom stereocenters. The van der Waals surface area contributed by atoms with E-state index < -0.39 is 15.1 Å². The Morgan fingerprint density at radius 1 is 1.14 bits per heavy atom. The molecule has 0 aliphatic rings. The number of rotatable bonds is 8. The number of benzene rings is 1. The van der Waals surface area contributed by atoms with Gasteiger partial charge in [0, 0.05) is 18.5 Å². The Balaban J connectivity index is 2.86. The Labute approximate surface area is 127 Å². The van der Waals surface area contributed by atoms with Crippen molar-refractivity contribution in [1.82, 2.24) is 5.32 Å². The van der Waals surface area contributed by atoms with Gasteiger partial charge in [0.1, 0.15) is 5.82 Å². The normalized spacial score (nSPS) is 13.9. The van der Waals surface area contributed by atoms with E-state index in [9.17, 15) is 12.8 Å². The second kappa shape index (κ2) is 7.90. The summed E-state index contributed by atoms with van der Waals surface area (Å²) < 4.78 is 37.9. The average molecular weight is 315 g/mol. The molecule has 0 saturated carbocycles. The zero-order valence-electron chi connectivity index (χ0n) is 13.3. The third-order valence-electron chi connectivity index (χ3n) is 3.59. The highest BCUT2D eigenvalue weighted by molar-refractivity contribution is 7.91. The molecular formula is C16H26FNO2S. The molecule has 0 amide bonds. The van der Waals surface area contributed by atoms with Gasteiger partial charge >= 0.3 is 0 Å². The number of hydrogen-bond acceptors (Lipinski definition) is 3. The molecule has 0 spiro atoms. The molecule has 1 aromatic carbocycles. The van der Waals surface area contributed by atoms with Gasteiger partial charge in [0.05, 0.1) is 11.0 Å². The fraction of sp³-hybridized carbons (Fsp3) is 0.625. The third-order valence-corrected chi connectivity index (χ3v) is 5.83. The minimum absolute atomic E-state index is 0.0867. The first-order chi connectivity index (χ1) is 9.74. The van der Waals surface area contributed by atoms with Crippen molar-refractivity contribution in [3.63, 3.8) is 0 Å². The van der Waals surface area contributed by atoms with E-state index in [1.54, 1.807) is 32.0 Å². The maximum absolute atomic E-state index is 14.0. The van der Waals surface area contributed by atoms with Gasteiger partial charge in [-0.3, -0.25) is 0 Å². The fourth-order valence-corrected chi connectivity index (χ4v) is 3.18. The zero-order chi connectivity index (χ0) is 16.0. The van der Waals surface area contributed by atoms with Crippen molar-refractivity contribution in [1.29, 1.82) is 0 Å². The van der Waals surface area contributed by atoms with Crippen molar-refractivity contribution in [2.75, 3.05) is 12.3 Å². The molecule has 1 rings (SSSR count). The van der Waals surface area contributed by atoms with Crippen LogP contribution in [-0.2, 0) is 9.84 Å². The SMILES string of the molecule is CC(C)NCC(CCS(=O)(=O)C(C)C)c1ccccc1F. The summed E-state index contributed by atoms with van der Waals surface area (Å²) in [6.07, 6.45) is 0.432. The van der Waals surface area contributed by atoms with Crippen LogP contribution in [0.15, 0.2) is 24.3 Å². The lowest BCUT2D eigenvalue weighted by molar-refractivity contribution is 0.496. The van der Waals surface area contributed by atoms with Crippen LogP contribution < -0.4 is 5.32 Å². The molecule has 21 heavy (non-hydrogen) atoms. The minimum Gasteiger partial charge on any atom is -0.314 e.